The van der Waals surface area contributed by atoms with E-state index in [9.17, 15) is 4.79 Å². The fourth-order valence-corrected chi connectivity index (χ4v) is 1.61. The van der Waals surface area contributed by atoms with E-state index in [-0.39, 0.29) is 29.6 Å². The van der Waals surface area contributed by atoms with E-state index in [1.54, 1.807) is 25.1 Å². The van der Waals surface area contributed by atoms with Gasteiger partial charge in [-0.05, 0) is 36.8 Å². The number of carboxylic acids is 1. The van der Waals surface area contributed by atoms with Crippen LogP contribution < -0.4 is 34.3 Å². The predicted octanol–water partition coefficient (Wildman–Crippen LogP) is 0.671. The van der Waals surface area contributed by atoms with Gasteiger partial charge < -0.3 is 9.84 Å². The van der Waals surface area contributed by atoms with Gasteiger partial charge in [-0.15, -0.1) is 0 Å². The molecule has 0 amide bonds. The van der Waals surface area contributed by atoms with Crippen LogP contribution in [0.5, 0.6) is 11.5 Å². The standard InChI is InChI=1S/C15H14O3.Na/c1-11(15(16)17)12-6-5-9-14(10-12)18-13-7-3-2-4-8-13;/h2-11H,1H3,(H,16,17);/q;+1. The normalized spacial score (nSPS) is 11.2. The van der Waals surface area contributed by atoms with Crippen molar-refractivity contribution >= 4 is 5.97 Å². The minimum absolute atomic E-state index is 0. The van der Waals surface area contributed by atoms with Crippen LogP contribution in [0.2, 0.25) is 0 Å². The van der Waals surface area contributed by atoms with Crippen LogP contribution in [0.1, 0.15) is 18.4 Å². The summed E-state index contributed by atoms with van der Waals surface area (Å²) >= 11 is 0. The molecule has 3 nitrogen and oxygen atoms in total. The quantitative estimate of drug-likeness (QED) is 0.827. The second-order valence-electron chi connectivity index (χ2n) is 4.05. The van der Waals surface area contributed by atoms with E-state index in [0.717, 1.165) is 11.3 Å². The van der Waals surface area contributed by atoms with Crippen LogP contribution in [0.4, 0.5) is 0 Å². The van der Waals surface area contributed by atoms with E-state index in [0.29, 0.717) is 5.75 Å². The van der Waals surface area contributed by atoms with Crippen molar-refractivity contribution in [3.05, 3.63) is 60.2 Å². The molecule has 0 aliphatic rings. The molecule has 1 unspecified atom stereocenters. The zero-order chi connectivity index (χ0) is 13.0. The first-order valence-corrected chi connectivity index (χ1v) is 5.72. The summed E-state index contributed by atoms with van der Waals surface area (Å²) in [5.41, 5.74) is 0.732. The molecule has 0 spiro atoms. The first-order valence-electron chi connectivity index (χ1n) is 5.72. The third-order valence-corrected chi connectivity index (χ3v) is 2.71. The molecule has 0 fully saturated rings. The summed E-state index contributed by atoms with van der Waals surface area (Å²) < 4.78 is 5.66. The Kier molecular flexibility index (Phi) is 6.09. The summed E-state index contributed by atoms with van der Waals surface area (Å²) in [5, 5.41) is 8.98. The zero-order valence-corrected chi connectivity index (χ0v) is 13.0. The van der Waals surface area contributed by atoms with Crippen LogP contribution in [0.25, 0.3) is 0 Å². The van der Waals surface area contributed by atoms with Gasteiger partial charge in [0.25, 0.3) is 0 Å². The largest absolute Gasteiger partial charge is 1.00 e. The summed E-state index contributed by atoms with van der Waals surface area (Å²) in [6.45, 7) is 1.66. The van der Waals surface area contributed by atoms with Crippen molar-refractivity contribution in [2.45, 2.75) is 12.8 Å². The van der Waals surface area contributed by atoms with Gasteiger partial charge in [-0.25, -0.2) is 0 Å². The Balaban J connectivity index is 0.00000180. The summed E-state index contributed by atoms with van der Waals surface area (Å²) in [6, 6.07) is 16.6. The molecule has 0 aliphatic carbocycles. The number of rotatable bonds is 4. The Morgan fingerprint density at radius 3 is 2.32 bits per heavy atom. The average molecular weight is 265 g/mol. The molecule has 0 aromatic heterocycles. The van der Waals surface area contributed by atoms with Crippen molar-refractivity contribution in [3.63, 3.8) is 0 Å². The van der Waals surface area contributed by atoms with Gasteiger partial charge in [0, 0.05) is 0 Å². The Morgan fingerprint density at radius 2 is 1.68 bits per heavy atom. The van der Waals surface area contributed by atoms with E-state index in [2.05, 4.69) is 0 Å². The van der Waals surface area contributed by atoms with Crippen molar-refractivity contribution < 1.29 is 44.2 Å². The molecule has 0 heterocycles. The summed E-state index contributed by atoms with van der Waals surface area (Å²) in [6.07, 6.45) is 0. The molecule has 2 rings (SSSR count). The molecule has 1 atom stereocenters. The SMILES string of the molecule is CC(C(=O)O)c1cccc(Oc2ccccc2)c1.[Na+]. The minimum Gasteiger partial charge on any atom is -0.481 e. The van der Waals surface area contributed by atoms with Crippen LogP contribution in [0.3, 0.4) is 0 Å². The van der Waals surface area contributed by atoms with Crippen molar-refractivity contribution in [3.8, 4) is 11.5 Å². The molecule has 0 radical (unpaired) electrons. The van der Waals surface area contributed by atoms with Crippen LogP contribution in [0.15, 0.2) is 54.6 Å². The number of carbonyl (C=O) groups is 1. The second-order valence-corrected chi connectivity index (χ2v) is 4.05. The first kappa shape index (κ1) is 15.8. The van der Waals surface area contributed by atoms with E-state index in [4.69, 9.17) is 9.84 Å². The van der Waals surface area contributed by atoms with Crippen LogP contribution >= 0.6 is 0 Å². The molecule has 2 aromatic rings. The van der Waals surface area contributed by atoms with Crippen molar-refractivity contribution in [2.75, 3.05) is 0 Å². The molecule has 92 valence electrons. The van der Waals surface area contributed by atoms with Gasteiger partial charge in [-0.1, -0.05) is 30.3 Å². The maximum absolute atomic E-state index is 10.9. The molecule has 0 saturated heterocycles. The number of benzene rings is 2. The van der Waals surface area contributed by atoms with E-state index in [1.165, 1.54) is 0 Å². The van der Waals surface area contributed by atoms with Crippen LogP contribution in [0, 0.1) is 0 Å². The molecule has 19 heavy (non-hydrogen) atoms. The summed E-state index contributed by atoms with van der Waals surface area (Å²) in [7, 11) is 0. The number of ether oxygens (including phenoxy) is 1. The van der Waals surface area contributed by atoms with Gasteiger partial charge in [0.1, 0.15) is 11.5 Å². The average Bonchev–Trinajstić information content (AvgIpc) is 2.39. The van der Waals surface area contributed by atoms with Crippen molar-refractivity contribution in [1.29, 1.82) is 0 Å². The third kappa shape index (κ3) is 4.39. The smallest absolute Gasteiger partial charge is 0.481 e. The van der Waals surface area contributed by atoms with Crippen LogP contribution in [-0.4, -0.2) is 11.1 Å². The monoisotopic (exact) mass is 265 g/mol. The molecule has 1 N–H and O–H groups in total. The number of para-hydroxylation sites is 1. The summed E-state index contributed by atoms with van der Waals surface area (Å²) in [5.74, 6) is 0.000567. The third-order valence-electron chi connectivity index (χ3n) is 2.71. The fraction of sp³-hybridized carbons (Fsp3) is 0.133. The molecular formula is C15H14NaO3+. The maximum atomic E-state index is 10.9. The maximum Gasteiger partial charge on any atom is 1.00 e. The molecule has 4 heteroatoms. The van der Waals surface area contributed by atoms with Gasteiger partial charge in [0.15, 0.2) is 0 Å². The number of carboxylic acid groups (broad SMARTS) is 1. The molecule has 0 saturated carbocycles. The Bertz CT molecular complexity index is 540. The van der Waals surface area contributed by atoms with E-state index >= 15 is 0 Å². The van der Waals surface area contributed by atoms with Gasteiger partial charge in [0.05, 0.1) is 5.92 Å². The predicted molar refractivity (Wildman–Crippen MR) is 69.0 cm³/mol. The number of aliphatic carboxylic acids is 1. The second kappa shape index (κ2) is 7.34. The van der Waals surface area contributed by atoms with Gasteiger partial charge in [-0.2, -0.15) is 0 Å². The minimum atomic E-state index is -0.841. The Morgan fingerprint density at radius 1 is 1.05 bits per heavy atom. The molecule has 0 bridgehead atoms. The van der Waals surface area contributed by atoms with Gasteiger partial charge >= 0.3 is 35.5 Å². The van der Waals surface area contributed by atoms with Crippen molar-refractivity contribution in [1.82, 2.24) is 0 Å². The first-order chi connectivity index (χ1) is 8.66. The van der Waals surface area contributed by atoms with Gasteiger partial charge in [-0.3, -0.25) is 4.79 Å². The Hall–Kier alpha value is -1.29. The molecule has 2 aromatic carbocycles. The topological polar surface area (TPSA) is 46.5 Å². The number of hydrogen-bond donors (Lipinski definition) is 1. The fourth-order valence-electron chi connectivity index (χ4n) is 1.61. The molecule has 0 aliphatic heterocycles. The molecular weight excluding hydrogens is 251 g/mol. The summed E-state index contributed by atoms with van der Waals surface area (Å²) in [4.78, 5) is 10.9. The van der Waals surface area contributed by atoms with E-state index in [1.807, 2.05) is 36.4 Å². The van der Waals surface area contributed by atoms with Crippen LogP contribution in [-0.2, 0) is 4.79 Å². The zero-order valence-electron chi connectivity index (χ0n) is 11.0. The van der Waals surface area contributed by atoms with E-state index < -0.39 is 11.9 Å². The number of hydrogen-bond acceptors (Lipinski definition) is 2. The van der Waals surface area contributed by atoms with Crippen molar-refractivity contribution in [2.24, 2.45) is 0 Å². The van der Waals surface area contributed by atoms with Gasteiger partial charge in [0.2, 0.25) is 0 Å². The Labute approximate surface area is 134 Å².